The van der Waals surface area contributed by atoms with Gasteiger partial charge in [-0.1, -0.05) is 0 Å². The third-order valence-corrected chi connectivity index (χ3v) is 12.1. The zero-order valence-corrected chi connectivity index (χ0v) is 25.7. The molecule has 2 aromatic heterocycles. The van der Waals surface area contributed by atoms with E-state index >= 15 is 0 Å². The highest BCUT2D eigenvalue weighted by Gasteiger charge is 2.44. The standard InChI is InChI=1S/C27H39NO5S2Si/c1-10-31-36(32-11-2,33-12-3)15-13-14-28-26(29)24(22-16(4)18(6)34-20(22)8)25(27(28)30)23-17(5)19(7)35-21(23)9/h10-15H2,1-9H3. The lowest BCUT2D eigenvalue weighted by Gasteiger charge is -2.29. The molecule has 0 saturated heterocycles. The molecule has 0 unspecified atom stereocenters. The minimum atomic E-state index is -2.86. The van der Waals surface area contributed by atoms with Gasteiger partial charge in [0.2, 0.25) is 0 Å². The largest absolute Gasteiger partial charge is 0.500 e. The minimum Gasteiger partial charge on any atom is -0.374 e. The molecule has 0 saturated carbocycles. The van der Waals surface area contributed by atoms with Crippen molar-refractivity contribution in [3.8, 4) is 0 Å². The van der Waals surface area contributed by atoms with Gasteiger partial charge in [0.05, 0.1) is 11.1 Å². The number of aryl methyl sites for hydroxylation is 4. The van der Waals surface area contributed by atoms with Crippen molar-refractivity contribution in [3.63, 3.8) is 0 Å². The highest BCUT2D eigenvalue weighted by molar-refractivity contribution is 7.12. The molecule has 0 aliphatic carbocycles. The van der Waals surface area contributed by atoms with Crippen molar-refractivity contribution in [2.24, 2.45) is 0 Å². The van der Waals surface area contributed by atoms with Gasteiger partial charge in [-0.15, -0.1) is 22.7 Å². The molecule has 0 N–H and O–H groups in total. The lowest BCUT2D eigenvalue weighted by atomic mass is 9.92. The second kappa shape index (κ2) is 11.8. The second-order valence-electron chi connectivity index (χ2n) is 9.03. The molecule has 2 aromatic rings. The van der Waals surface area contributed by atoms with Crippen LogP contribution in [-0.4, -0.2) is 51.9 Å². The summed E-state index contributed by atoms with van der Waals surface area (Å²) in [6.45, 7) is 19.9. The lowest BCUT2D eigenvalue weighted by Crippen LogP contribution is -2.46. The summed E-state index contributed by atoms with van der Waals surface area (Å²) in [6, 6.07) is 0.551. The van der Waals surface area contributed by atoms with Gasteiger partial charge in [-0.25, -0.2) is 0 Å². The van der Waals surface area contributed by atoms with Gasteiger partial charge in [-0.2, -0.15) is 0 Å². The molecular weight excluding hydrogens is 511 g/mol. The third-order valence-electron chi connectivity index (χ3n) is 6.75. The molecular formula is C27H39NO5S2Si. The van der Waals surface area contributed by atoms with Crippen molar-refractivity contribution in [1.29, 1.82) is 0 Å². The quantitative estimate of drug-likeness (QED) is 0.227. The minimum absolute atomic E-state index is 0.210. The number of carbonyl (C=O) groups excluding carboxylic acids is 2. The molecule has 198 valence electrons. The third kappa shape index (κ3) is 5.32. The Morgan fingerprint density at radius 2 is 1.06 bits per heavy atom. The van der Waals surface area contributed by atoms with E-state index in [0.29, 0.717) is 50.0 Å². The number of imide groups is 1. The number of nitrogens with zero attached hydrogens (tertiary/aromatic N) is 1. The van der Waals surface area contributed by atoms with E-state index in [2.05, 4.69) is 13.8 Å². The van der Waals surface area contributed by atoms with Crippen LogP contribution in [0.15, 0.2) is 0 Å². The SMILES string of the molecule is CCO[Si](CCCN1C(=O)C(c2c(C)sc(C)c2C)=C(c2c(C)sc(C)c2C)C1=O)(OCC)OCC. The van der Waals surface area contributed by atoms with E-state index in [-0.39, 0.29) is 11.8 Å². The Bertz CT molecular complexity index is 1090. The van der Waals surface area contributed by atoms with Gasteiger partial charge in [0.25, 0.3) is 11.8 Å². The summed E-state index contributed by atoms with van der Waals surface area (Å²) in [6.07, 6.45) is 0.561. The average molecular weight is 550 g/mol. The Morgan fingerprint density at radius 3 is 1.36 bits per heavy atom. The van der Waals surface area contributed by atoms with Gasteiger partial charge < -0.3 is 13.3 Å². The zero-order valence-electron chi connectivity index (χ0n) is 23.0. The summed E-state index contributed by atoms with van der Waals surface area (Å²) in [5.41, 5.74) is 5.07. The molecule has 1 aliphatic heterocycles. The van der Waals surface area contributed by atoms with E-state index in [4.69, 9.17) is 13.3 Å². The Labute approximate surface area is 224 Å². The van der Waals surface area contributed by atoms with Crippen LogP contribution in [0.1, 0.15) is 69.0 Å². The summed E-state index contributed by atoms with van der Waals surface area (Å²) >= 11 is 3.36. The van der Waals surface area contributed by atoms with Gasteiger partial charge in [0, 0.05) is 63.0 Å². The summed E-state index contributed by atoms with van der Waals surface area (Å²) < 4.78 is 17.9. The van der Waals surface area contributed by atoms with Crippen LogP contribution in [0.4, 0.5) is 0 Å². The Hall–Kier alpha value is -1.62. The molecule has 2 amide bonds. The second-order valence-corrected chi connectivity index (χ2v) is 14.6. The summed E-state index contributed by atoms with van der Waals surface area (Å²) in [5, 5.41) is 0. The fraction of sp³-hybridized carbons (Fsp3) is 0.556. The fourth-order valence-corrected chi connectivity index (χ4v) is 9.76. The predicted molar refractivity (Wildman–Crippen MR) is 151 cm³/mol. The van der Waals surface area contributed by atoms with Gasteiger partial charge in [-0.05, 0) is 79.9 Å². The van der Waals surface area contributed by atoms with E-state index in [9.17, 15) is 9.59 Å². The number of thiophene rings is 2. The Morgan fingerprint density at radius 1 is 0.667 bits per heavy atom. The van der Waals surface area contributed by atoms with E-state index in [1.165, 1.54) is 14.7 Å². The van der Waals surface area contributed by atoms with Crippen LogP contribution in [0.5, 0.6) is 0 Å². The number of carbonyl (C=O) groups is 2. The van der Waals surface area contributed by atoms with Crippen molar-refractivity contribution >= 4 is 54.4 Å². The van der Waals surface area contributed by atoms with Crippen LogP contribution in [0.2, 0.25) is 6.04 Å². The molecule has 0 aromatic carbocycles. The molecule has 0 spiro atoms. The first-order valence-corrected chi connectivity index (χ1v) is 16.3. The highest BCUT2D eigenvalue weighted by Crippen LogP contribution is 2.45. The van der Waals surface area contributed by atoms with Crippen molar-refractivity contribution < 1.29 is 22.9 Å². The van der Waals surface area contributed by atoms with Gasteiger partial charge in [0.15, 0.2) is 0 Å². The van der Waals surface area contributed by atoms with Gasteiger partial charge in [0.1, 0.15) is 0 Å². The van der Waals surface area contributed by atoms with Crippen molar-refractivity contribution in [3.05, 3.63) is 41.8 Å². The first-order valence-electron chi connectivity index (χ1n) is 12.7. The van der Waals surface area contributed by atoms with Crippen LogP contribution in [0, 0.1) is 41.5 Å². The van der Waals surface area contributed by atoms with Crippen LogP contribution >= 0.6 is 22.7 Å². The van der Waals surface area contributed by atoms with E-state index < -0.39 is 8.80 Å². The maximum atomic E-state index is 13.9. The number of hydrogen-bond acceptors (Lipinski definition) is 7. The zero-order chi connectivity index (χ0) is 26.8. The molecule has 3 rings (SSSR count). The smallest absolute Gasteiger partial charge is 0.374 e. The molecule has 0 fully saturated rings. The molecule has 9 heteroatoms. The maximum absolute atomic E-state index is 13.9. The summed E-state index contributed by atoms with van der Waals surface area (Å²) in [5.74, 6) is -0.420. The van der Waals surface area contributed by atoms with Crippen LogP contribution in [0.25, 0.3) is 11.1 Å². The molecule has 0 radical (unpaired) electrons. The van der Waals surface area contributed by atoms with E-state index in [1.54, 1.807) is 22.7 Å². The summed E-state index contributed by atoms with van der Waals surface area (Å²) in [4.78, 5) is 33.8. The normalized spacial score (nSPS) is 14.6. The van der Waals surface area contributed by atoms with Crippen molar-refractivity contribution in [2.45, 2.75) is 74.8 Å². The molecule has 1 aliphatic rings. The molecule has 3 heterocycles. The van der Waals surface area contributed by atoms with Gasteiger partial charge >= 0.3 is 8.80 Å². The van der Waals surface area contributed by atoms with Crippen molar-refractivity contribution in [2.75, 3.05) is 26.4 Å². The highest BCUT2D eigenvalue weighted by atomic mass is 32.1. The van der Waals surface area contributed by atoms with Crippen LogP contribution in [-0.2, 0) is 22.9 Å². The average Bonchev–Trinajstić information content (AvgIpc) is 3.30. The predicted octanol–water partition coefficient (Wildman–Crippen LogP) is 6.38. The molecule has 36 heavy (non-hydrogen) atoms. The first kappa shape index (κ1) is 28.9. The molecule has 6 nitrogen and oxygen atoms in total. The van der Waals surface area contributed by atoms with E-state index in [1.807, 2.05) is 48.5 Å². The monoisotopic (exact) mass is 549 g/mol. The maximum Gasteiger partial charge on any atom is 0.500 e. The fourth-order valence-electron chi connectivity index (χ4n) is 5.02. The Balaban J connectivity index is 2.01. The van der Waals surface area contributed by atoms with Crippen LogP contribution in [0.3, 0.4) is 0 Å². The molecule has 0 atom stereocenters. The van der Waals surface area contributed by atoms with Crippen LogP contribution < -0.4 is 0 Å². The molecule has 0 bridgehead atoms. The summed E-state index contributed by atoms with van der Waals surface area (Å²) in [7, 11) is -2.86. The Kier molecular flexibility index (Phi) is 9.51. The van der Waals surface area contributed by atoms with Crippen molar-refractivity contribution in [1.82, 2.24) is 4.90 Å². The first-order chi connectivity index (χ1) is 17.0. The van der Waals surface area contributed by atoms with E-state index in [0.717, 1.165) is 32.0 Å². The number of amides is 2. The topological polar surface area (TPSA) is 65.1 Å². The number of rotatable bonds is 12. The van der Waals surface area contributed by atoms with Gasteiger partial charge in [-0.3, -0.25) is 14.5 Å². The lowest BCUT2D eigenvalue weighted by molar-refractivity contribution is -0.136. The number of hydrogen-bond donors (Lipinski definition) is 0.